The number of likely N-dealkylation sites (N-methyl/N-ethyl adjacent to an activating group) is 1. The highest BCUT2D eigenvalue weighted by atomic mass is 19.1. The van der Waals surface area contributed by atoms with Crippen LogP contribution in [-0.4, -0.2) is 104 Å². The van der Waals surface area contributed by atoms with E-state index in [9.17, 15) is 23.9 Å². The van der Waals surface area contributed by atoms with Crippen molar-refractivity contribution in [1.82, 2.24) is 9.80 Å². The molecule has 1 aromatic carbocycles. The predicted octanol–water partition coefficient (Wildman–Crippen LogP) is 4.33. The van der Waals surface area contributed by atoms with E-state index < -0.39 is 41.4 Å². The SMILES string of the molecule is C/C(=C\c1cc(F)cc(N2CCOC[C@@H]2C)c1)[C@H]1C(=O)C(=O)C[C@@H](O)CC[C@@H](C)[C@@H](OC(=O)N2CCN(C)CC2)/C=C/[C@@H]1C. The summed E-state index contributed by atoms with van der Waals surface area (Å²) in [6, 6.07) is 4.89. The van der Waals surface area contributed by atoms with Crippen LogP contribution in [0.2, 0.25) is 0 Å². The van der Waals surface area contributed by atoms with Crippen LogP contribution in [-0.2, 0) is 19.1 Å². The van der Waals surface area contributed by atoms with E-state index in [1.165, 1.54) is 12.1 Å². The summed E-state index contributed by atoms with van der Waals surface area (Å²) in [6.45, 7) is 12.1. The number of rotatable bonds is 4. The van der Waals surface area contributed by atoms with Crippen molar-refractivity contribution < 1.29 is 33.4 Å². The second-order valence-corrected chi connectivity index (χ2v) is 12.8. The van der Waals surface area contributed by atoms with Crippen molar-refractivity contribution in [2.75, 3.05) is 57.9 Å². The van der Waals surface area contributed by atoms with Crippen molar-refractivity contribution in [3.63, 3.8) is 0 Å². The number of aliphatic hydroxyl groups is 1. The second-order valence-electron chi connectivity index (χ2n) is 12.8. The molecule has 2 aliphatic heterocycles. The Bertz CT molecular complexity index is 1240. The molecule has 242 valence electrons. The van der Waals surface area contributed by atoms with E-state index >= 15 is 0 Å². The molecule has 1 aliphatic carbocycles. The summed E-state index contributed by atoms with van der Waals surface area (Å²) < 4.78 is 26.3. The molecule has 1 N–H and O–H groups in total. The number of allylic oxidation sites excluding steroid dienone is 2. The first kappa shape index (κ1) is 33.8. The van der Waals surface area contributed by atoms with Crippen LogP contribution in [0.3, 0.4) is 0 Å². The molecule has 2 fully saturated rings. The Labute approximate surface area is 260 Å². The van der Waals surface area contributed by atoms with Crippen molar-refractivity contribution in [2.24, 2.45) is 17.8 Å². The summed E-state index contributed by atoms with van der Waals surface area (Å²) in [5.74, 6) is -2.97. The number of nitrogens with zero attached hydrogens (tertiary/aromatic N) is 3. The first-order chi connectivity index (χ1) is 20.9. The zero-order chi connectivity index (χ0) is 32.0. The van der Waals surface area contributed by atoms with Gasteiger partial charge in [-0.15, -0.1) is 0 Å². The maximum atomic E-state index is 14.8. The molecular formula is C34H48FN3O6. The number of ketones is 2. The van der Waals surface area contributed by atoms with Crippen LogP contribution in [0.25, 0.3) is 6.08 Å². The quantitative estimate of drug-likeness (QED) is 0.396. The molecular weight excluding hydrogens is 565 g/mol. The fourth-order valence-corrected chi connectivity index (χ4v) is 6.30. The highest BCUT2D eigenvalue weighted by Crippen LogP contribution is 2.30. The first-order valence-electron chi connectivity index (χ1n) is 15.8. The minimum Gasteiger partial charge on any atom is -0.442 e. The smallest absolute Gasteiger partial charge is 0.410 e. The van der Waals surface area contributed by atoms with Crippen molar-refractivity contribution in [1.29, 1.82) is 0 Å². The van der Waals surface area contributed by atoms with Crippen molar-refractivity contribution in [3.8, 4) is 0 Å². The summed E-state index contributed by atoms with van der Waals surface area (Å²) >= 11 is 0. The molecule has 6 atom stereocenters. The van der Waals surface area contributed by atoms with E-state index in [-0.39, 0.29) is 24.5 Å². The molecule has 10 heteroatoms. The van der Waals surface area contributed by atoms with Gasteiger partial charge in [0.25, 0.3) is 0 Å². The van der Waals surface area contributed by atoms with E-state index in [0.29, 0.717) is 56.8 Å². The highest BCUT2D eigenvalue weighted by molar-refractivity contribution is 6.38. The van der Waals surface area contributed by atoms with E-state index in [0.717, 1.165) is 18.8 Å². The highest BCUT2D eigenvalue weighted by Gasteiger charge is 2.33. The number of hydrogen-bond donors (Lipinski definition) is 1. The Balaban J connectivity index is 1.61. The average molecular weight is 614 g/mol. The summed E-state index contributed by atoms with van der Waals surface area (Å²) in [7, 11) is 2.02. The van der Waals surface area contributed by atoms with Crippen LogP contribution in [0.1, 0.15) is 52.5 Å². The molecule has 2 heterocycles. The van der Waals surface area contributed by atoms with E-state index in [4.69, 9.17) is 9.47 Å². The van der Waals surface area contributed by atoms with Crippen LogP contribution < -0.4 is 4.90 Å². The molecule has 1 amide bonds. The summed E-state index contributed by atoms with van der Waals surface area (Å²) in [4.78, 5) is 45.7. The zero-order valence-electron chi connectivity index (χ0n) is 26.7. The molecule has 0 unspecified atom stereocenters. The number of anilines is 1. The van der Waals surface area contributed by atoms with Gasteiger partial charge in [0.2, 0.25) is 11.6 Å². The molecule has 1 aromatic rings. The van der Waals surface area contributed by atoms with Crippen LogP contribution >= 0.6 is 0 Å². The third-order valence-corrected chi connectivity index (χ3v) is 9.11. The molecule has 0 radical (unpaired) electrons. The van der Waals surface area contributed by atoms with Crippen LogP contribution in [0, 0.1) is 23.6 Å². The molecule has 0 bridgehead atoms. The van der Waals surface area contributed by atoms with Gasteiger partial charge in [0.1, 0.15) is 11.9 Å². The van der Waals surface area contributed by atoms with Gasteiger partial charge in [-0.1, -0.05) is 31.6 Å². The van der Waals surface area contributed by atoms with Crippen molar-refractivity contribution in [2.45, 2.75) is 65.2 Å². The molecule has 2 saturated heterocycles. The lowest BCUT2D eigenvalue weighted by Gasteiger charge is -2.35. The van der Waals surface area contributed by atoms with E-state index in [1.807, 2.05) is 46.0 Å². The largest absolute Gasteiger partial charge is 0.442 e. The summed E-state index contributed by atoms with van der Waals surface area (Å²) in [6.07, 6.45) is 4.05. The molecule has 44 heavy (non-hydrogen) atoms. The Morgan fingerprint density at radius 3 is 2.48 bits per heavy atom. The van der Waals surface area contributed by atoms with Gasteiger partial charge in [0.05, 0.1) is 25.2 Å². The van der Waals surface area contributed by atoms with Crippen molar-refractivity contribution in [3.05, 3.63) is 47.3 Å². The van der Waals surface area contributed by atoms with Crippen LogP contribution in [0.5, 0.6) is 0 Å². The van der Waals surface area contributed by atoms with Gasteiger partial charge in [-0.05, 0) is 75.4 Å². The summed E-state index contributed by atoms with van der Waals surface area (Å²) in [5, 5.41) is 10.6. The number of aliphatic hydroxyl groups excluding tert-OH is 1. The van der Waals surface area contributed by atoms with Gasteiger partial charge in [0, 0.05) is 50.9 Å². The average Bonchev–Trinajstić information content (AvgIpc) is 2.97. The van der Waals surface area contributed by atoms with Crippen LogP contribution in [0.4, 0.5) is 14.9 Å². The van der Waals surface area contributed by atoms with E-state index in [2.05, 4.69) is 9.80 Å². The van der Waals surface area contributed by atoms with Crippen molar-refractivity contribution >= 4 is 29.4 Å². The lowest BCUT2D eigenvalue weighted by molar-refractivity contribution is -0.140. The third-order valence-electron chi connectivity index (χ3n) is 9.11. The normalized spacial score (nSPS) is 30.8. The zero-order valence-corrected chi connectivity index (χ0v) is 26.7. The number of halogens is 1. The Kier molecular flexibility index (Phi) is 11.7. The van der Waals surface area contributed by atoms with Gasteiger partial charge < -0.3 is 29.3 Å². The minimum absolute atomic E-state index is 0.0891. The number of morpholine rings is 1. The Morgan fingerprint density at radius 2 is 1.77 bits per heavy atom. The van der Waals surface area contributed by atoms with Gasteiger partial charge in [-0.3, -0.25) is 9.59 Å². The standard InChI is InChI=1S/C34H48FN3O6/c1-22-6-8-29(39)20-30(40)33(41)32(23(2)7-9-31(22)44-34(42)37-12-10-36(5)11-13-37)24(3)16-26-17-27(35)19-28(18-26)38-14-15-43-21-25(38)4/h7,9,16-19,22-23,25,29,31-32,39H,6,8,10-15,20-21H2,1-5H3/b9-7+,24-16+/t22-,23+,25+,29+,31+,32+/m1/s1. The molecule has 3 aliphatic rings. The monoisotopic (exact) mass is 613 g/mol. The van der Waals surface area contributed by atoms with Crippen LogP contribution in [0.15, 0.2) is 35.9 Å². The molecule has 4 rings (SSSR count). The Morgan fingerprint density at radius 1 is 1.05 bits per heavy atom. The Hall–Kier alpha value is -3.08. The third kappa shape index (κ3) is 8.76. The van der Waals surface area contributed by atoms with Gasteiger partial charge in [0.15, 0.2) is 0 Å². The van der Waals surface area contributed by atoms with Gasteiger partial charge in [-0.2, -0.15) is 0 Å². The number of hydrogen-bond acceptors (Lipinski definition) is 8. The number of carbonyl (C=O) groups excluding carboxylic acids is 3. The van der Waals surface area contributed by atoms with Gasteiger partial charge in [-0.25, -0.2) is 9.18 Å². The van der Waals surface area contributed by atoms with E-state index in [1.54, 1.807) is 17.9 Å². The maximum absolute atomic E-state index is 14.8. The minimum atomic E-state index is -0.979. The molecule has 0 spiro atoms. The fourth-order valence-electron chi connectivity index (χ4n) is 6.30. The fraction of sp³-hybridized carbons (Fsp3) is 0.618. The topological polar surface area (TPSA) is 99.6 Å². The number of carbonyl (C=O) groups is 3. The number of ether oxygens (including phenoxy) is 2. The molecule has 0 aromatic heterocycles. The number of Topliss-reactive ketones (excluding diaryl/α,β-unsaturated/α-hetero) is 2. The molecule has 0 saturated carbocycles. The molecule has 9 nitrogen and oxygen atoms in total. The summed E-state index contributed by atoms with van der Waals surface area (Å²) in [5.41, 5.74) is 1.93. The first-order valence-corrected chi connectivity index (χ1v) is 15.8. The lowest BCUT2D eigenvalue weighted by atomic mass is 9.79. The predicted molar refractivity (Wildman–Crippen MR) is 168 cm³/mol. The number of amides is 1. The maximum Gasteiger partial charge on any atom is 0.410 e. The van der Waals surface area contributed by atoms with Gasteiger partial charge >= 0.3 is 6.09 Å². The number of benzene rings is 1. The lowest BCUT2D eigenvalue weighted by Crippen LogP contribution is -2.48. The number of piperazine rings is 1. The second kappa shape index (κ2) is 15.3.